The minimum Gasteiger partial charge on any atom is -0.382 e. The van der Waals surface area contributed by atoms with Gasteiger partial charge in [-0.1, -0.05) is 26.0 Å². The van der Waals surface area contributed by atoms with E-state index in [-0.39, 0.29) is 16.7 Å². The van der Waals surface area contributed by atoms with Gasteiger partial charge in [0.1, 0.15) is 17.8 Å². The number of hydrogen-bond acceptors (Lipinski definition) is 8. The van der Waals surface area contributed by atoms with Crippen molar-refractivity contribution >= 4 is 17.3 Å². The van der Waals surface area contributed by atoms with Crippen LogP contribution in [0.2, 0.25) is 0 Å². The first-order valence-corrected chi connectivity index (χ1v) is 15.0. The number of aryl methyl sites for hydroxylation is 1. The fourth-order valence-corrected chi connectivity index (χ4v) is 6.85. The van der Waals surface area contributed by atoms with Gasteiger partial charge in [-0.05, 0) is 73.4 Å². The molecule has 3 aliphatic rings. The summed E-state index contributed by atoms with van der Waals surface area (Å²) in [6, 6.07) is 12.2. The number of benzene rings is 1. The quantitative estimate of drug-likeness (QED) is 0.349. The molecule has 1 amide bonds. The second-order valence-corrected chi connectivity index (χ2v) is 12.8. The Morgan fingerprint density at radius 1 is 1.21 bits per heavy atom. The van der Waals surface area contributed by atoms with Gasteiger partial charge in [0.2, 0.25) is 0 Å². The summed E-state index contributed by atoms with van der Waals surface area (Å²) in [6.45, 7) is 8.37. The third-order valence-corrected chi connectivity index (χ3v) is 9.24. The molecule has 10 heteroatoms. The number of nitrogens with one attached hydrogen (secondary N) is 3. The van der Waals surface area contributed by atoms with Crippen molar-refractivity contribution in [1.29, 1.82) is 5.26 Å². The van der Waals surface area contributed by atoms with Crippen molar-refractivity contribution in [2.24, 2.45) is 18.9 Å². The SMILES string of the molecule is Cn1cnnc1[C@]1(c2cccc(NC(=O)c3cc(CNCC4CCOCC4)c4c(n3)C(C)(C)CN4)c2)C[C@H](CC#N)C1. The normalized spacial score (nSPS) is 23.0. The smallest absolute Gasteiger partial charge is 0.274 e. The van der Waals surface area contributed by atoms with Crippen LogP contribution in [0.3, 0.4) is 0 Å². The van der Waals surface area contributed by atoms with Gasteiger partial charge in [-0.25, -0.2) is 4.98 Å². The summed E-state index contributed by atoms with van der Waals surface area (Å²) in [7, 11) is 1.95. The molecule has 4 heterocycles. The lowest BCUT2D eigenvalue weighted by molar-refractivity contribution is 0.0662. The molecule has 2 aromatic heterocycles. The molecular formula is C32H40N8O2. The van der Waals surface area contributed by atoms with E-state index in [1.54, 1.807) is 6.33 Å². The van der Waals surface area contributed by atoms with Gasteiger partial charge >= 0.3 is 0 Å². The standard InChI is InChI=1S/C32H40N8O2/c1-31(2)19-35-27-23(18-34-17-21-8-11-42-12-9-21)13-26(38-28(27)31)29(41)37-25-6-4-5-24(14-25)32(15-22(16-32)7-10-33)30-39-36-20-40(30)3/h4-6,13-14,20-22,34-35H,7-9,11-12,15-19H2,1-3H3,(H,37,41)/t22-,32+. The van der Waals surface area contributed by atoms with Gasteiger partial charge in [0.25, 0.3) is 5.91 Å². The zero-order chi connectivity index (χ0) is 29.3. The molecule has 1 saturated heterocycles. The lowest BCUT2D eigenvalue weighted by atomic mass is 9.57. The molecule has 0 unspecified atom stereocenters. The highest BCUT2D eigenvalue weighted by Gasteiger charge is 2.49. The van der Waals surface area contributed by atoms with Crippen LogP contribution in [0.1, 0.15) is 79.1 Å². The Bertz CT molecular complexity index is 1490. The van der Waals surface area contributed by atoms with Crippen LogP contribution in [-0.4, -0.2) is 52.0 Å². The Hall–Kier alpha value is -3.81. The van der Waals surface area contributed by atoms with E-state index in [2.05, 4.69) is 52.1 Å². The van der Waals surface area contributed by atoms with Crippen molar-refractivity contribution in [3.63, 3.8) is 0 Å². The van der Waals surface area contributed by atoms with E-state index in [1.807, 2.05) is 35.9 Å². The first kappa shape index (κ1) is 28.3. The van der Waals surface area contributed by atoms with Gasteiger partial charge in [0.05, 0.1) is 22.9 Å². The zero-order valence-electron chi connectivity index (χ0n) is 24.7. The highest BCUT2D eigenvalue weighted by Crippen LogP contribution is 2.53. The molecule has 10 nitrogen and oxygen atoms in total. The number of amides is 1. The predicted octanol–water partition coefficient (Wildman–Crippen LogP) is 4.29. The van der Waals surface area contributed by atoms with Gasteiger partial charge in [0.15, 0.2) is 0 Å². The van der Waals surface area contributed by atoms with Crippen molar-refractivity contribution < 1.29 is 9.53 Å². The molecule has 0 spiro atoms. The van der Waals surface area contributed by atoms with Gasteiger partial charge in [-0.3, -0.25) is 4.79 Å². The first-order chi connectivity index (χ1) is 20.3. The highest BCUT2D eigenvalue weighted by atomic mass is 16.5. The molecule has 1 saturated carbocycles. The van der Waals surface area contributed by atoms with Gasteiger partial charge < -0.3 is 25.3 Å². The number of pyridine rings is 1. The number of hydrogen-bond donors (Lipinski definition) is 3. The van der Waals surface area contributed by atoms with Crippen LogP contribution in [0, 0.1) is 23.2 Å². The van der Waals surface area contributed by atoms with Crippen molar-refractivity contribution in [1.82, 2.24) is 25.1 Å². The third-order valence-electron chi connectivity index (χ3n) is 9.24. The summed E-state index contributed by atoms with van der Waals surface area (Å²) in [6.07, 6.45) is 6.04. The summed E-state index contributed by atoms with van der Waals surface area (Å²) in [5.74, 6) is 1.58. The number of aromatic nitrogens is 4. The van der Waals surface area contributed by atoms with Gasteiger partial charge in [-0.2, -0.15) is 5.26 Å². The number of carbonyl (C=O) groups is 1. The number of fused-ring (bicyclic) bond motifs is 1. The second-order valence-electron chi connectivity index (χ2n) is 12.8. The summed E-state index contributed by atoms with van der Waals surface area (Å²) >= 11 is 0. The van der Waals surface area contributed by atoms with E-state index in [1.165, 1.54) is 0 Å². The Morgan fingerprint density at radius 3 is 2.76 bits per heavy atom. The maximum atomic E-state index is 13.7. The monoisotopic (exact) mass is 568 g/mol. The Morgan fingerprint density at radius 2 is 2.02 bits per heavy atom. The van der Waals surface area contributed by atoms with Crippen molar-refractivity contribution in [3.8, 4) is 6.07 Å². The molecule has 0 radical (unpaired) electrons. The van der Waals surface area contributed by atoms with Crippen LogP contribution in [0.5, 0.6) is 0 Å². The van der Waals surface area contributed by atoms with Crippen molar-refractivity contribution in [2.45, 2.75) is 63.3 Å². The summed E-state index contributed by atoms with van der Waals surface area (Å²) in [4.78, 5) is 18.5. The fourth-order valence-electron chi connectivity index (χ4n) is 6.85. The average molecular weight is 569 g/mol. The number of nitrogens with zero attached hydrogens (tertiary/aromatic N) is 5. The van der Waals surface area contributed by atoms with Crippen LogP contribution in [0.4, 0.5) is 11.4 Å². The highest BCUT2D eigenvalue weighted by molar-refractivity contribution is 6.03. The molecule has 3 N–H and O–H groups in total. The van der Waals surface area contributed by atoms with E-state index in [9.17, 15) is 10.1 Å². The Kier molecular flexibility index (Phi) is 7.73. The summed E-state index contributed by atoms with van der Waals surface area (Å²) in [5, 5.41) is 28.1. The number of ether oxygens (including phenoxy) is 1. The molecule has 2 aliphatic heterocycles. The number of rotatable bonds is 9. The van der Waals surface area contributed by atoms with E-state index in [0.717, 1.165) is 80.3 Å². The minimum absolute atomic E-state index is 0.173. The number of nitriles is 1. The predicted molar refractivity (Wildman–Crippen MR) is 160 cm³/mol. The van der Waals surface area contributed by atoms with E-state index >= 15 is 0 Å². The summed E-state index contributed by atoms with van der Waals surface area (Å²) < 4.78 is 7.46. The van der Waals surface area contributed by atoms with Crippen LogP contribution >= 0.6 is 0 Å². The zero-order valence-corrected chi connectivity index (χ0v) is 24.7. The van der Waals surface area contributed by atoms with E-state index < -0.39 is 0 Å². The van der Waals surface area contributed by atoms with Crippen LogP contribution in [-0.2, 0) is 29.2 Å². The molecule has 220 valence electrons. The molecule has 42 heavy (non-hydrogen) atoms. The average Bonchev–Trinajstić information content (AvgIpc) is 3.53. The Labute approximate surface area is 247 Å². The largest absolute Gasteiger partial charge is 0.382 e. The maximum Gasteiger partial charge on any atom is 0.274 e. The Balaban J connectivity index is 1.23. The van der Waals surface area contributed by atoms with Crippen molar-refractivity contribution in [3.05, 3.63) is 65.0 Å². The maximum absolute atomic E-state index is 13.7. The van der Waals surface area contributed by atoms with E-state index in [0.29, 0.717) is 36.2 Å². The van der Waals surface area contributed by atoms with Crippen LogP contribution in [0.25, 0.3) is 0 Å². The van der Waals surface area contributed by atoms with E-state index in [4.69, 9.17) is 9.72 Å². The second kappa shape index (κ2) is 11.5. The lowest BCUT2D eigenvalue weighted by Crippen LogP contribution is -2.44. The topological polar surface area (TPSA) is 130 Å². The van der Waals surface area contributed by atoms with Gasteiger partial charge in [0, 0.05) is 50.9 Å². The molecule has 1 aliphatic carbocycles. The van der Waals surface area contributed by atoms with Crippen molar-refractivity contribution in [2.75, 3.05) is 36.9 Å². The fraction of sp³-hybridized carbons (Fsp3) is 0.531. The molecule has 2 fully saturated rings. The summed E-state index contributed by atoms with van der Waals surface area (Å²) in [5.41, 5.74) is 4.73. The number of carbonyl (C=O) groups excluding carboxylic acids is 1. The molecule has 1 aromatic carbocycles. The third kappa shape index (κ3) is 5.39. The van der Waals surface area contributed by atoms with Gasteiger partial charge in [-0.15, -0.1) is 10.2 Å². The minimum atomic E-state index is -0.335. The molecular weight excluding hydrogens is 528 g/mol. The number of anilines is 2. The molecule has 3 aromatic rings. The molecule has 0 bridgehead atoms. The van der Waals surface area contributed by atoms with Crippen LogP contribution in [0.15, 0.2) is 36.7 Å². The van der Waals surface area contributed by atoms with Crippen LogP contribution < -0.4 is 16.0 Å². The first-order valence-electron chi connectivity index (χ1n) is 15.0. The molecule has 0 atom stereocenters. The lowest BCUT2D eigenvalue weighted by Gasteiger charge is -2.46. The molecule has 6 rings (SSSR count).